The maximum absolute atomic E-state index is 11.9. The zero-order chi connectivity index (χ0) is 21.6. The highest BCUT2D eigenvalue weighted by Crippen LogP contribution is 2.44. The van der Waals surface area contributed by atoms with Crippen LogP contribution in [0.5, 0.6) is 11.5 Å². The molecule has 156 valence electrons. The van der Waals surface area contributed by atoms with E-state index in [0.29, 0.717) is 12.2 Å². The van der Waals surface area contributed by atoms with Crippen LogP contribution < -0.4 is 9.47 Å². The molecule has 0 saturated heterocycles. The van der Waals surface area contributed by atoms with Gasteiger partial charge in [0.15, 0.2) is 6.10 Å². The van der Waals surface area contributed by atoms with E-state index in [1.807, 2.05) is 57.2 Å². The number of hydrogen-bond donors (Lipinski definition) is 1. The van der Waals surface area contributed by atoms with Crippen LogP contribution in [0.2, 0.25) is 0 Å². The third kappa shape index (κ3) is 4.98. The minimum Gasteiger partial charge on any atom is -0.496 e. The van der Waals surface area contributed by atoms with Gasteiger partial charge < -0.3 is 19.3 Å². The largest absolute Gasteiger partial charge is 0.496 e. The summed E-state index contributed by atoms with van der Waals surface area (Å²) in [7, 11) is 3.26. The summed E-state index contributed by atoms with van der Waals surface area (Å²) < 4.78 is 17.1. The van der Waals surface area contributed by atoms with Crippen molar-refractivity contribution in [1.29, 1.82) is 0 Å². The number of aliphatic hydroxyl groups excluding tert-OH is 1. The first-order valence-electron chi connectivity index (χ1n) is 9.61. The van der Waals surface area contributed by atoms with Gasteiger partial charge in [0.25, 0.3) is 0 Å². The molecule has 29 heavy (non-hydrogen) atoms. The van der Waals surface area contributed by atoms with Gasteiger partial charge in [-0.15, -0.1) is 0 Å². The molecule has 2 aromatic carbocycles. The van der Waals surface area contributed by atoms with Gasteiger partial charge in [-0.05, 0) is 49.4 Å². The van der Waals surface area contributed by atoms with Crippen LogP contribution in [0.25, 0.3) is 6.08 Å². The van der Waals surface area contributed by atoms with Crippen LogP contribution in [0.4, 0.5) is 0 Å². The molecular weight excluding hydrogens is 368 g/mol. The zero-order valence-electron chi connectivity index (χ0n) is 18.0. The van der Waals surface area contributed by atoms with E-state index < -0.39 is 6.10 Å². The lowest BCUT2D eigenvalue weighted by Crippen LogP contribution is -2.15. The van der Waals surface area contributed by atoms with E-state index in [0.717, 1.165) is 39.1 Å². The van der Waals surface area contributed by atoms with Crippen molar-refractivity contribution in [2.75, 3.05) is 20.8 Å². The number of carbonyl (C=O) groups is 1. The molecule has 2 aromatic rings. The summed E-state index contributed by atoms with van der Waals surface area (Å²) in [5, 5.41) is 8.91. The zero-order valence-corrected chi connectivity index (χ0v) is 18.0. The topological polar surface area (TPSA) is 65.0 Å². The first kappa shape index (κ1) is 22.5. The standard InChI is InChI=1S/C24H30O5/c1-15-16(2)23(28-6)21(17(3)22(15)27-5)24(29-18(4)26)20-12-10-19(11-13-20)9-7-8-14-25/h7,9-13,24-25H,8,14H2,1-6H3/b9-7+. The first-order chi connectivity index (χ1) is 13.8. The molecule has 0 spiro atoms. The summed E-state index contributed by atoms with van der Waals surface area (Å²) in [5.41, 5.74) is 5.45. The van der Waals surface area contributed by atoms with Gasteiger partial charge in [0.2, 0.25) is 0 Å². The lowest BCUT2D eigenvalue weighted by molar-refractivity contribution is -0.144. The van der Waals surface area contributed by atoms with Gasteiger partial charge >= 0.3 is 5.97 Å². The van der Waals surface area contributed by atoms with Crippen LogP contribution in [0.3, 0.4) is 0 Å². The molecule has 0 aliphatic rings. The van der Waals surface area contributed by atoms with Crippen LogP contribution in [-0.4, -0.2) is 31.9 Å². The number of benzene rings is 2. The molecule has 0 heterocycles. The Bertz CT molecular complexity index is 881. The second-order valence-corrected chi connectivity index (χ2v) is 6.93. The summed E-state index contributed by atoms with van der Waals surface area (Å²) in [6.07, 6.45) is 3.86. The van der Waals surface area contributed by atoms with Crippen LogP contribution in [0.15, 0.2) is 30.3 Å². The van der Waals surface area contributed by atoms with Gasteiger partial charge in [-0.3, -0.25) is 4.79 Å². The van der Waals surface area contributed by atoms with E-state index in [2.05, 4.69) is 0 Å². The minimum absolute atomic E-state index is 0.122. The lowest BCUT2D eigenvalue weighted by atomic mass is 9.90. The molecule has 1 atom stereocenters. The molecule has 5 nitrogen and oxygen atoms in total. The Morgan fingerprint density at radius 3 is 2.10 bits per heavy atom. The second kappa shape index (κ2) is 10.1. The summed E-state index contributed by atoms with van der Waals surface area (Å²) in [6, 6.07) is 7.79. The number of aliphatic hydroxyl groups is 1. The van der Waals surface area contributed by atoms with E-state index in [1.165, 1.54) is 6.92 Å². The van der Waals surface area contributed by atoms with Crippen molar-refractivity contribution in [3.05, 3.63) is 63.7 Å². The fourth-order valence-corrected chi connectivity index (χ4v) is 3.54. The molecule has 0 fully saturated rings. The maximum Gasteiger partial charge on any atom is 0.303 e. The number of methoxy groups -OCH3 is 2. The third-order valence-corrected chi connectivity index (χ3v) is 5.03. The van der Waals surface area contributed by atoms with Crippen molar-refractivity contribution in [3.8, 4) is 11.5 Å². The molecule has 0 amide bonds. The summed E-state index contributed by atoms with van der Waals surface area (Å²) >= 11 is 0. The van der Waals surface area contributed by atoms with Crippen LogP contribution >= 0.6 is 0 Å². The summed E-state index contributed by atoms with van der Waals surface area (Å²) in [5.74, 6) is 1.08. The highest BCUT2D eigenvalue weighted by atomic mass is 16.5. The second-order valence-electron chi connectivity index (χ2n) is 6.93. The molecular formula is C24H30O5. The van der Waals surface area contributed by atoms with Crippen molar-refractivity contribution >= 4 is 12.0 Å². The molecule has 0 saturated carbocycles. The van der Waals surface area contributed by atoms with Gasteiger partial charge in [-0.1, -0.05) is 36.4 Å². The first-order valence-corrected chi connectivity index (χ1v) is 9.61. The number of carbonyl (C=O) groups excluding carboxylic acids is 1. The van der Waals surface area contributed by atoms with E-state index in [1.54, 1.807) is 14.2 Å². The highest BCUT2D eigenvalue weighted by molar-refractivity contribution is 5.68. The molecule has 0 aromatic heterocycles. The quantitative estimate of drug-likeness (QED) is 0.654. The van der Waals surface area contributed by atoms with Crippen molar-refractivity contribution in [2.24, 2.45) is 0 Å². The highest BCUT2D eigenvalue weighted by Gasteiger charge is 2.28. The molecule has 1 unspecified atom stereocenters. The normalized spacial score (nSPS) is 12.1. The van der Waals surface area contributed by atoms with E-state index in [4.69, 9.17) is 19.3 Å². The monoisotopic (exact) mass is 398 g/mol. The Morgan fingerprint density at radius 2 is 1.59 bits per heavy atom. The Balaban J connectivity index is 2.62. The number of rotatable bonds is 8. The molecule has 0 aliphatic carbocycles. The van der Waals surface area contributed by atoms with Crippen molar-refractivity contribution in [1.82, 2.24) is 0 Å². The molecule has 0 bridgehead atoms. The predicted molar refractivity (Wildman–Crippen MR) is 115 cm³/mol. The van der Waals surface area contributed by atoms with E-state index >= 15 is 0 Å². The fraction of sp³-hybridized carbons (Fsp3) is 0.375. The lowest BCUT2D eigenvalue weighted by Gasteiger charge is -2.26. The summed E-state index contributed by atoms with van der Waals surface area (Å²) in [6.45, 7) is 7.43. The van der Waals surface area contributed by atoms with Gasteiger partial charge in [-0.2, -0.15) is 0 Å². The van der Waals surface area contributed by atoms with E-state index in [9.17, 15) is 4.79 Å². The number of esters is 1. The average molecular weight is 398 g/mol. The fourth-order valence-electron chi connectivity index (χ4n) is 3.54. The molecule has 1 N–H and O–H groups in total. The average Bonchev–Trinajstić information content (AvgIpc) is 2.70. The maximum atomic E-state index is 11.9. The van der Waals surface area contributed by atoms with E-state index in [-0.39, 0.29) is 12.6 Å². The van der Waals surface area contributed by atoms with Gasteiger partial charge in [0.1, 0.15) is 11.5 Å². The van der Waals surface area contributed by atoms with Crippen molar-refractivity contribution in [2.45, 2.75) is 40.2 Å². The Kier molecular flexibility index (Phi) is 7.85. The molecule has 5 heteroatoms. The Hall–Kier alpha value is -2.79. The summed E-state index contributed by atoms with van der Waals surface area (Å²) in [4.78, 5) is 11.9. The van der Waals surface area contributed by atoms with Crippen LogP contribution in [0, 0.1) is 20.8 Å². The SMILES string of the molecule is COc1c(C)c(C)c(OC)c(C(OC(C)=O)c2ccc(/C=C/CCO)cc2)c1C. The van der Waals surface area contributed by atoms with Gasteiger partial charge in [0.05, 0.1) is 14.2 Å². The van der Waals surface area contributed by atoms with Crippen molar-refractivity contribution < 1.29 is 24.1 Å². The smallest absolute Gasteiger partial charge is 0.303 e. The molecule has 0 radical (unpaired) electrons. The van der Waals surface area contributed by atoms with Gasteiger partial charge in [0, 0.05) is 24.7 Å². The number of hydrogen-bond acceptors (Lipinski definition) is 5. The molecule has 0 aliphatic heterocycles. The van der Waals surface area contributed by atoms with Crippen LogP contribution in [-0.2, 0) is 9.53 Å². The molecule has 2 rings (SSSR count). The van der Waals surface area contributed by atoms with Crippen LogP contribution in [0.1, 0.15) is 52.8 Å². The minimum atomic E-state index is -0.619. The number of ether oxygens (including phenoxy) is 3. The third-order valence-electron chi connectivity index (χ3n) is 5.03. The Morgan fingerprint density at radius 1 is 1.00 bits per heavy atom. The van der Waals surface area contributed by atoms with Gasteiger partial charge in [-0.25, -0.2) is 0 Å². The van der Waals surface area contributed by atoms with Crippen molar-refractivity contribution in [3.63, 3.8) is 0 Å². The Labute approximate surface area is 172 Å². The predicted octanol–water partition coefficient (Wildman–Crippen LogP) is 4.68.